The monoisotopic (exact) mass is 322 g/mol. The lowest BCUT2D eigenvalue weighted by atomic mass is 10.1. The molecule has 3 N–H and O–H groups in total. The predicted octanol–water partition coefficient (Wildman–Crippen LogP) is 3.95. The van der Waals surface area contributed by atoms with Crippen LogP contribution in [0.1, 0.15) is 17.2 Å². The largest absolute Gasteiger partial charge is 0.496 e. The molecule has 0 aliphatic heterocycles. The Balaban J connectivity index is 2.17. The van der Waals surface area contributed by atoms with Crippen molar-refractivity contribution in [2.45, 2.75) is 17.9 Å². The van der Waals surface area contributed by atoms with Gasteiger partial charge in [0, 0.05) is 21.2 Å². The molecule has 112 valence electrons. The molecule has 21 heavy (non-hydrogen) atoms. The minimum absolute atomic E-state index is 0.0387. The number of hydrogen-bond donors (Lipinski definition) is 2. The Hall–Kier alpha value is -1.20. The summed E-state index contributed by atoms with van der Waals surface area (Å²) < 4.78 is 5.40. The number of rotatable bonds is 6. The minimum atomic E-state index is -0.0387. The van der Waals surface area contributed by atoms with Crippen LogP contribution in [0, 0.1) is 6.92 Å². The number of hydrogen-bond acceptors (Lipinski definition) is 4. The van der Waals surface area contributed by atoms with Gasteiger partial charge < -0.3 is 4.74 Å². The molecule has 2 aromatic carbocycles. The summed E-state index contributed by atoms with van der Waals surface area (Å²) in [6.07, 6.45) is 0. The fourth-order valence-corrected chi connectivity index (χ4v) is 3.37. The summed E-state index contributed by atoms with van der Waals surface area (Å²) in [4.78, 5) is 1.25. The van der Waals surface area contributed by atoms with Crippen molar-refractivity contribution in [2.24, 2.45) is 5.84 Å². The van der Waals surface area contributed by atoms with Crippen LogP contribution >= 0.6 is 23.4 Å². The molecule has 0 bridgehead atoms. The van der Waals surface area contributed by atoms with Crippen LogP contribution in [0.2, 0.25) is 5.02 Å². The fraction of sp³-hybridized carbons (Fsp3) is 0.250. The van der Waals surface area contributed by atoms with Crippen LogP contribution in [-0.4, -0.2) is 12.9 Å². The number of ether oxygens (including phenoxy) is 1. The summed E-state index contributed by atoms with van der Waals surface area (Å²) in [6, 6.07) is 13.8. The summed E-state index contributed by atoms with van der Waals surface area (Å²) in [6.45, 7) is 2.10. The lowest BCUT2D eigenvalue weighted by Gasteiger charge is -2.19. The fourth-order valence-electron chi connectivity index (χ4n) is 2.10. The van der Waals surface area contributed by atoms with Gasteiger partial charge in [-0.25, -0.2) is 0 Å². The second-order valence-corrected chi connectivity index (χ2v) is 6.18. The predicted molar refractivity (Wildman–Crippen MR) is 90.0 cm³/mol. The van der Waals surface area contributed by atoms with Crippen LogP contribution < -0.4 is 16.0 Å². The lowest BCUT2D eigenvalue weighted by Crippen LogP contribution is -2.30. The summed E-state index contributed by atoms with van der Waals surface area (Å²) in [7, 11) is 1.65. The van der Waals surface area contributed by atoms with Gasteiger partial charge in [0.1, 0.15) is 5.75 Å². The highest BCUT2D eigenvalue weighted by atomic mass is 35.5. The van der Waals surface area contributed by atoms with Crippen molar-refractivity contribution in [1.29, 1.82) is 0 Å². The van der Waals surface area contributed by atoms with E-state index in [-0.39, 0.29) is 6.04 Å². The molecular weight excluding hydrogens is 304 g/mol. The molecule has 0 aliphatic carbocycles. The van der Waals surface area contributed by atoms with Gasteiger partial charge in [0.25, 0.3) is 0 Å². The van der Waals surface area contributed by atoms with Crippen molar-refractivity contribution in [3.63, 3.8) is 0 Å². The number of halogens is 1. The van der Waals surface area contributed by atoms with E-state index in [0.29, 0.717) is 5.02 Å². The van der Waals surface area contributed by atoms with Gasteiger partial charge in [-0.1, -0.05) is 29.8 Å². The quantitative estimate of drug-likeness (QED) is 0.480. The molecule has 1 atom stereocenters. The SMILES string of the molecule is COc1ccc(Cl)cc1C(CSc1ccccc1C)NN. The van der Waals surface area contributed by atoms with E-state index in [4.69, 9.17) is 22.2 Å². The maximum Gasteiger partial charge on any atom is 0.123 e. The van der Waals surface area contributed by atoms with E-state index in [2.05, 4.69) is 24.5 Å². The van der Waals surface area contributed by atoms with Gasteiger partial charge in [-0.15, -0.1) is 11.8 Å². The van der Waals surface area contributed by atoms with E-state index in [9.17, 15) is 0 Å². The van der Waals surface area contributed by atoms with E-state index >= 15 is 0 Å². The third-order valence-corrected chi connectivity index (χ3v) is 4.77. The molecule has 0 amide bonds. The summed E-state index contributed by atoms with van der Waals surface area (Å²) in [5, 5.41) is 0.673. The third-order valence-electron chi connectivity index (χ3n) is 3.27. The standard InChI is InChI=1S/C16H19ClN2OS/c1-11-5-3-4-6-16(11)21-10-14(19-18)13-9-12(17)7-8-15(13)20-2/h3-9,14,19H,10,18H2,1-2H3. The first-order valence-electron chi connectivity index (χ1n) is 6.63. The van der Waals surface area contributed by atoms with Gasteiger partial charge in [-0.05, 0) is 36.8 Å². The maximum absolute atomic E-state index is 6.09. The van der Waals surface area contributed by atoms with E-state index in [1.165, 1.54) is 10.5 Å². The smallest absolute Gasteiger partial charge is 0.123 e. The molecule has 3 nitrogen and oxygen atoms in total. The van der Waals surface area contributed by atoms with Gasteiger partial charge in [0.2, 0.25) is 0 Å². The number of nitrogens with two attached hydrogens (primary N) is 1. The number of benzene rings is 2. The molecule has 0 fully saturated rings. The molecule has 0 aromatic heterocycles. The Kier molecular flexibility index (Phi) is 5.94. The summed E-state index contributed by atoms with van der Waals surface area (Å²) in [5.41, 5.74) is 5.08. The number of nitrogens with one attached hydrogen (secondary N) is 1. The highest BCUT2D eigenvalue weighted by Crippen LogP contribution is 2.32. The normalized spacial score (nSPS) is 12.2. The molecule has 0 spiro atoms. The van der Waals surface area contributed by atoms with Crippen LogP contribution in [-0.2, 0) is 0 Å². The Labute approximate surface area is 134 Å². The van der Waals surface area contributed by atoms with Crippen molar-refractivity contribution in [3.8, 4) is 5.75 Å². The first kappa shape index (κ1) is 16.2. The maximum atomic E-state index is 6.09. The molecule has 2 rings (SSSR count). The van der Waals surface area contributed by atoms with Gasteiger partial charge in [-0.3, -0.25) is 11.3 Å². The molecule has 0 heterocycles. The Morgan fingerprint density at radius 3 is 2.71 bits per heavy atom. The number of methoxy groups -OCH3 is 1. The molecule has 0 aliphatic rings. The van der Waals surface area contributed by atoms with E-state index in [1.807, 2.05) is 30.3 Å². The van der Waals surface area contributed by atoms with Gasteiger partial charge in [-0.2, -0.15) is 0 Å². The van der Waals surface area contributed by atoms with Crippen LogP contribution in [0.15, 0.2) is 47.4 Å². The van der Waals surface area contributed by atoms with E-state index in [1.54, 1.807) is 18.9 Å². The highest BCUT2D eigenvalue weighted by molar-refractivity contribution is 7.99. The van der Waals surface area contributed by atoms with Crippen LogP contribution in [0.5, 0.6) is 5.75 Å². The Morgan fingerprint density at radius 1 is 1.29 bits per heavy atom. The number of hydrazine groups is 1. The van der Waals surface area contributed by atoms with Crippen molar-refractivity contribution in [2.75, 3.05) is 12.9 Å². The minimum Gasteiger partial charge on any atom is -0.496 e. The average Bonchev–Trinajstić information content (AvgIpc) is 2.50. The zero-order chi connectivity index (χ0) is 15.2. The van der Waals surface area contributed by atoms with Crippen LogP contribution in [0.3, 0.4) is 0 Å². The highest BCUT2D eigenvalue weighted by Gasteiger charge is 2.16. The number of thioether (sulfide) groups is 1. The van der Waals surface area contributed by atoms with Gasteiger partial charge in [0.05, 0.1) is 13.2 Å². The zero-order valence-corrected chi connectivity index (χ0v) is 13.7. The molecule has 5 heteroatoms. The number of aryl methyl sites for hydroxylation is 1. The van der Waals surface area contributed by atoms with Crippen molar-refractivity contribution in [3.05, 3.63) is 58.6 Å². The molecule has 0 radical (unpaired) electrons. The van der Waals surface area contributed by atoms with Crippen molar-refractivity contribution in [1.82, 2.24) is 5.43 Å². The van der Waals surface area contributed by atoms with Crippen molar-refractivity contribution < 1.29 is 4.74 Å². The van der Waals surface area contributed by atoms with Crippen LogP contribution in [0.4, 0.5) is 0 Å². The van der Waals surface area contributed by atoms with Crippen LogP contribution in [0.25, 0.3) is 0 Å². The van der Waals surface area contributed by atoms with Gasteiger partial charge >= 0.3 is 0 Å². The van der Waals surface area contributed by atoms with Gasteiger partial charge in [0.15, 0.2) is 0 Å². The second kappa shape index (κ2) is 7.71. The van der Waals surface area contributed by atoms with E-state index in [0.717, 1.165) is 17.1 Å². The second-order valence-electron chi connectivity index (χ2n) is 4.68. The molecular formula is C16H19ClN2OS. The average molecular weight is 323 g/mol. The summed E-state index contributed by atoms with van der Waals surface area (Å²) in [5.74, 6) is 7.29. The molecule has 1 unspecified atom stereocenters. The third kappa shape index (κ3) is 4.14. The Bertz CT molecular complexity index is 607. The molecule has 0 saturated heterocycles. The van der Waals surface area contributed by atoms with Crippen molar-refractivity contribution >= 4 is 23.4 Å². The molecule has 0 saturated carbocycles. The zero-order valence-electron chi connectivity index (χ0n) is 12.1. The topological polar surface area (TPSA) is 47.3 Å². The first-order chi connectivity index (χ1) is 10.2. The summed E-state index contributed by atoms with van der Waals surface area (Å²) >= 11 is 7.84. The van der Waals surface area contributed by atoms with E-state index < -0.39 is 0 Å². The lowest BCUT2D eigenvalue weighted by molar-refractivity contribution is 0.403. The molecule has 2 aromatic rings. The Morgan fingerprint density at radius 2 is 2.05 bits per heavy atom. The first-order valence-corrected chi connectivity index (χ1v) is 8.00.